The van der Waals surface area contributed by atoms with Crippen LogP contribution in [0.2, 0.25) is 0 Å². The van der Waals surface area contributed by atoms with E-state index in [0.29, 0.717) is 41.7 Å². The van der Waals surface area contributed by atoms with E-state index in [4.69, 9.17) is 4.74 Å². The van der Waals surface area contributed by atoms with Crippen molar-refractivity contribution in [3.8, 4) is 0 Å². The van der Waals surface area contributed by atoms with Crippen molar-refractivity contribution < 1.29 is 19.2 Å². The van der Waals surface area contributed by atoms with Gasteiger partial charge in [0.05, 0.1) is 23.5 Å². The topological polar surface area (TPSA) is 93.0 Å². The van der Waals surface area contributed by atoms with Gasteiger partial charge in [0.25, 0.3) is 17.5 Å². The molecule has 0 bridgehead atoms. The smallest absolute Gasteiger partial charge is 0.277 e. The van der Waals surface area contributed by atoms with Crippen LogP contribution in [0.4, 0.5) is 5.69 Å². The van der Waals surface area contributed by atoms with Crippen molar-refractivity contribution in [1.82, 2.24) is 9.80 Å². The van der Waals surface area contributed by atoms with Gasteiger partial charge in [0.2, 0.25) is 0 Å². The predicted octanol–water partition coefficient (Wildman–Crippen LogP) is 1.68. The molecule has 8 heteroatoms. The van der Waals surface area contributed by atoms with Gasteiger partial charge in [-0.1, -0.05) is 6.07 Å². The first-order valence-electron chi connectivity index (χ1n) is 8.44. The van der Waals surface area contributed by atoms with Crippen LogP contribution in [0, 0.1) is 10.1 Å². The number of carbonyl (C=O) groups is 2. The largest absolute Gasteiger partial charge is 0.379 e. The fourth-order valence-corrected chi connectivity index (χ4v) is 3.56. The van der Waals surface area contributed by atoms with Crippen molar-refractivity contribution in [1.29, 1.82) is 0 Å². The van der Waals surface area contributed by atoms with Gasteiger partial charge in [-0.15, -0.1) is 0 Å². The summed E-state index contributed by atoms with van der Waals surface area (Å²) < 4.78 is 5.31. The average molecular weight is 355 g/mol. The Labute approximate surface area is 149 Å². The minimum Gasteiger partial charge on any atom is -0.379 e. The number of hydrogen-bond acceptors (Lipinski definition) is 6. The Kier molecular flexibility index (Phi) is 4.14. The van der Waals surface area contributed by atoms with Crippen molar-refractivity contribution in [3.63, 3.8) is 0 Å². The van der Waals surface area contributed by atoms with E-state index in [0.717, 1.165) is 13.1 Å². The zero-order valence-corrected chi connectivity index (χ0v) is 14.0. The second-order valence-electron chi connectivity index (χ2n) is 6.33. The van der Waals surface area contributed by atoms with Crippen molar-refractivity contribution >= 4 is 28.3 Å². The third-order valence-electron chi connectivity index (χ3n) is 4.91. The number of nitro benzene ring substituents is 1. The molecule has 1 fully saturated rings. The van der Waals surface area contributed by atoms with E-state index in [2.05, 4.69) is 4.90 Å². The number of amides is 2. The highest BCUT2D eigenvalue weighted by Crippen LogP contribution is 2.35. The van der Waals surface area contributed by atoms with Crippen LogP contribution in [0.5, 0.6) is 0 Å². The number of carbonyl (C=O) groups excluding carboxylic acids is 2. The summed E-state index contributed by atoms with van der Waals surface area (Å²) in [7, 11) is 0. The normalized spacial score (nSPS) is 17.8. The van der Waals surface area contributed by atoms with E-state index in [1.54, 1.807) is 18.2 Å². The van der Waals surface area contributed by atoms with Crippen LogP contribution in [-0.4, -0.2) is 65.9 Å². The second kappa shape index (κ2) is 6.47. The summed E-state index contributed by atoms with van der Waals surface area (Å²) in [5.74, 6) is -0.802. The highest BCUT2D eigenvalue weighted by Gasteiger charge is 2.34. The van der Waals surface area contributed by atoms with Gasteiger partial charge >= 0.3 is 0 Å². The number of rotatable bonds is 4. The number of nitro groups is 1. The van der Waals surface area contributed by atoms with Crippen molar-refractivity contribution in [2.24, 2.45) is 0 Å². The predicted molar refractivity (Wildman–Crippen MR) is 93.2 cm³/mol. The van der Waals surface area contributed by atoms with E-state index in [1.807, 2.05) is 0 Å². The molecule has 134 valence electrons. The maximum absolute atomic E-state index is 12.9. The van der Waals surface area contributed by atoms with Gasteiger partial charge in [0.1, 0.15) is 0 Å². The Balaban J connectivity index is 1.69. The van der Waals surface area contributed by atoms with Gasteiger partial charge in [-0.3, -0.25) is 29.5 Å². The lowest BCUT2D eigenvalue weighted by atomic mass is 9.93. The molecule has 4 rings (SSSR count). The zero-order valence-electron chi connectivity index (χ0n) is 14.0. The van der Waals surface area contributed by atoms with Gasteiger partial charge in [0, 0.05) is 48.8 Å². The molecule has 0 atom stereocenters. The molecule has 8 nitrogen and oxygen atoms in total. The summed E-state index contributed by atoms with van der Waals surface area (Å²) in [5, 5.41) is 12.0. The summed E-state index contributed by atoms with van der Waals surface area (Å²) in [6, 6.07) is 7.58. The molecule has 2 amide bonds. The van der Waals surface area contributed by atoms with Crippen LogP contribution in [-0.2, 0) is 4.74 Å². The fourth-order valence-electron chi connectivity index (χ4n) is 3.56. The minimum atomic E-state index is -0.497. The number of hydrogen-bond donors (Lipinski definition) is 0. The Morgan fingerprint density at radius 2 is 1.69 bits per heavy atom. The number of nitrogens with zero attached hydrogens (tertiary/aromatic N) is 3. The Morgan fingerprint density at radius 3 is 2.38 bits per heavy atom. The Morgan fingerprint density at radius 1 is 1.00 bits per heavy atom. The molecule has 2 aromatic rings. The van der Waals surface area contributed by atoms with E-state index < -0.39 is 16.7 Å². The monoisotopic (exact) mass is 355 g/mol. The molecular formula is C18H17N3O5. The highest BCUT2D eigenvalue weighted by atomic mass is 16.6. The van der Waals surface area contributed by atoms with Gasteiger partial charge < -0.3 is 4.74 Å². The molecule has 0 N–H and O–H groups in total. The Hall–Kier alpha value is -2.84. The van der Waals surface area contributed by atoms with Crippen LogP contribution in [0.25, 0.3) is 10.8 Å². The molecular weight excluding hydrogens is 338 g/mol. The molecule has 0 radical (unpaired) electrons. The van der Waals surface area contributed by atoms with Crippen LogP contribution >= 0.6 is 0 Å². The first-order valence-corrected chi connectivity index (χ1v) is 8.44. The van der Waals surface area contributed by atoms with E-state index in [9.17, 15) is 19.7 Å². The first-order chi connectivity index (χ1) is 12.6. The fraction of sp³-hybridized carbons (Fsp3) is 0.333. The van der Waals surface area contributed by atoms with Crippen LogP contribution in [0.15, 0.2) is 30.3 Å². The maximum Gasteiger partial charge on any atom is 0.277 e. The molecule has 2 heterocycles. The summed E-state index contributed by atoms with van der Waals surface area (Å²) in [5.41, 5.74) is 0.568. The van der Waals surface area contributed by atoms with Gasteiger partial charge in [0.15, 0.2) is 0 Å². The standard InChI is InChI=1S/C18H17N3O5/c22-17-13-3-1-2-12-15(21(24)25)5-4-14(16(12)13)18(23)20(17)7-6-19-8-10-26-11-9-19/h1-5H,6-11H2. The lowest BCUT2D eigenvalue weighted by molar-refractivity contribution is -0.383. The van der Waals surface area contributed by atoms with Crippen molar-refractivity contribution in [2.75, 3.05) is 39.4 Å². The quantitative estimate of drug-likeness (QED) is 0.471. The molecule has 2 aliphatic heterocycles. The van der Waals surface area contributed by atoms with E-state index >= 15 is 0 Å². The molecule has 0 aliphatic carbocycles. The van der Waals surface area contributed by atoms with Gasteiger partial charge in [-0.25, -0.2) is 0 Å². The number of ether oxygens (including phenoxy) is 1. The Bertz CT molecular complexity index is 898. The minimum absolute atomic E-state index is 0.104. The number of benzene rings is 2. The molecule has 26 heavy (non-hydrogen) atoms. The molecule has 2 aliphatic rings. The highest BCUT2D eigenvalue weighted by molar-refractivity contribution is 6.26. The third-order valence-corrected chi connectivity index (χ3v) is 4.91. The van der Waals surface area contributed by atoms with Crippen LogP contribution in [0.1, 0.15) is 20.7 Å². The number of non-ortho nitro benzene ring substituents is 1. The lowest BCUT2D eigenvalue weighted by Crippen LogP contribution is -2.46. The molecule has 1 saturated heterocycles. The lowest BCUT2D eigenvalue weighted by Gasteiger charge is -2.31. The zero-order chi connectivity index (χ0) is 18.3. The van der Waals surface area contributed by atoms with Gasteiger partial charge in [-0.05, 0) is 18.2 Å². The van der Waals surface area contributed by atoms with Crippen LogP contribution < -0.4 is 0 Å². The third kappa shape index (κ3) is 2.63. The van der Waals surface area contributed by atoms with Crippen LogP contribution in [0.3, 0.4) is 0 Å². The molecule has 2 aromatic carbocycles. The first kappa shape index (κ1) is 16.6. The van der Waals surface area contributed by atoms with Gasteiger partial charge in [-0.2, -0.15) is 0 Å². The van der Waals surface area contributed by atoms with E-state index in [1.165, 1.54) is 17.0 Å². The molecule has 0 saturated carbocycles. The van der Waals surface area contributed by atoms with Crippen molar-refractivity contribution in [3.05, 3.63) is 51.6 Å². The van der Waals surface area contributed by atoms with E-state index in [-0.39, 0.29) is 12.2 Å². The van der Waals surface area contributed by atoms with Crippen molar-refractivity contribution in [2.45, 2.75) is 0 Å². The summed E-state index contributed by atoms with van der Waals surface area (Å²) in [4.78, 5) is 39.9. The molecule has 0 unspecified atom stereocenters. The summed E-state index contributed by atoms with van der Waals surface area (Å²) >= 11 is 0. The number of imide groups is 1. The SMILES string of the molecule is O=C1c2cccc3c([N+](=O)[O-])ccc(c23)C(=O)N1CCN1CCOCC1. The summed E-state index contributed by atoms with van der Waals surface area (Å²) in [6.07, 6.45) is 0. The molecule has 0 aromatic heterocycles. The number of morpholine rings is 1. The summed E-state index contributed by atoms with van der Waals surface area (Å²) in [6.45, 7) is 3.70. The average Bonchev–Trinajstić information content (AvgIpc) is 2.66. The molecule has 0 spiro atoms. The maximum atomic E-state index is 12.9. The second-order valence-corrected chi connectivity index (χ2v) is 6.33.